The first kappa shape index (κ1) is 22.3. The second-order valence-corrected chi connectivity index (χ2v) is 6.41. The van der Waals surface area contributed by atoms with Crippen molar-refractivity contribution in [2.75, 3.05) is 5.75 Å². The number of hydrogen-bond donors (Lipinski definition) is 1. The van der Waals surface area contributed by atoms with E-state index in [1.807, 2.05) is 6.92 Å². The molecule has 0 amide bonds. The lowest BCUT2D eigenvalue weighted by Crippen LogP contribution is -2.06. The fourth-order valence-electron chi connectivity index (χ4n) is 2.03. The Morgan fingerprint density at radius 1 is 1.07 bits per heavy atom. The first-order valence-corrected chi connectivity index (χ1v) is 8.78. The summed E-state index contributed by atoms with van der Waals surface area (Å²) < 4.78 is 32.0. The molecule has 2 rings (SSSR count). The van der Waals surface area contributed by atoms with Crippen LogP contribution in [0, 0.1) is 11.6 Å². The molecule has 27 heavy (non-hydrogen) atoms. The molecule has 0 aliphatic carbocycles. The van der Waals surface area contributed by atoms with E-state index in [9.17, 15) is 18.4 Å². The first-order chi connectivity index (χ1) is 12.6. The lowest BCUT2D eigenvalue weighted by atomic mass is 10.0. The Hall–Kier alpha value is -2.74. The normalized spacial score (nSPS) is 9.81. The average Bonchev–Trinajstić information content (AvgIpc) is 2.54. The van der Waals surface area contributed by atoms with Crippen molar-refractivity contribution in [3.8, 4) is 16.9 Å². The highest BCUT2D eigenvalue weighted by atomic mass is 32.2. The lowest BCUT2D eigenvalue weighted by Gasteiger charge is -2.11. The van der Waals surface area contributed by atoms with Gasteiger partial charge in [-0.15, -0.1) is 0 Å². The number of ether oxygens (including phenoxy) is 1. The van der Waals surface area contributed by atoms with Crippen LogP contribution in [0.25, 0.3) is 11.1 Å². The minimum Gasteiger partial charge on any atom is -0.481 e. The largest absolute Gasteiger partial charge is 0.481 e. The summed E-state index contributed by atoms with van der Waals surface area (Å²) >= 11 is 1.05. The van der Waals surface area contributed by atoms with E-state index >= 15 is 0 Å². The van der Waals surface area contributed by atoms with Gasteiger partial charge in [0.25, 0.3) is 5.97 Å². The van der Waals surface area contributed by atoms with Crippen molar-refractivity contribution >= 4 is 28.8 Å². The van der Waals surface area contributed by atoms with Gasteiger partial charge < -0.3 is 9.84 Å². The molecule has 0 aliphatic rings. The summed E-state index contributed by atoms with van der Waals surface area (Å²) in [6.45, 7) is 4.13. The van der Waals surface area contributed by atoms with Gasteiger partial charge >= 0.3 is 5.97 Å². The van der Waals surface area contributed by atoms with Crippen LogP contribution < -0.4 is 4.74 Å². The van der Waals surface area contributed by atoms with E-state index in [2.05, 4.69) is 0 Å². The number of carbonyl (C=O) groups is 3. The van der Waals surface area contributed by atoms with Gasteiger partial charge in [-0.25, -0.2) is 8.78 Å². The summed E-state index contributed by atoms with van der Waals surface area (Å²) in [6.07, 6.45) is 0. The van der Waals surface area contributed by atoms with Crippen LogP contribution in [0.1, 0.15) is 31.1 Å². The summed E-state index contributed by atoms with van der Waals surface area (Å²) in [4.78, 5) is 32.3. The van der Waals surface area contributed by atoms with Gasteiger partial charge in [0.1, 0.15) is 17.4 Å². The fourth-order valence-corrected chi connectivity index (χ4v) is 2.61. The van der Waals surface area contributed by atoms with Gasteiger partial charge in [0.2, 0.25) is 5.12 Å². The zero-order valence-electron chi connectivity index (χ0n) is 14.9. The second-order valence-electron chi connectivity index (χ2n) is 5.17. The number of thioether (sulfide) groups is 1. The standard InChI is InChI=1S/C17H14F2O3S.C2H4O2/c1-3-23-17(21)14-8-11(4-7-16(14)22-10(2)20)13-6-5-12(18)9-15(13)19;1-2(3)4/h4-9H,3H2,1-2H3;1H3,(H,3,4). The highest BCUT2D eigenvalue weighted by Crippen LogP contribution is 2.31. The van der Waals surface area contributed by atoms with E-state index in [4.69, 9.17) is 14.6 Å². The highest BCUT2D eigenvalue weighted by molar-refractivity contribution is 8.14. The van der Waals surface area contributed by atoms with Crippen LogP contribution in [-0.2, 0) is 9.59 Å². The average molecular weight is 396 g/mol. The number of carboxylic acids is 1. The smallest absolute Gasteiger partial charge is 0.308 e. The minimum absolute atomic E-state index is 0.120. The van der Waals surface area contributed by atoms with Gasteiger partial charge in [-0.2, -0.15) is 0 Å². The molecule has 0 spiro atoms. The zero-order valence-corrected chi connectivity index (χ0v) is 15.7. The van der Waals surface area contributed by atoms with Gasteiger partial charge in [-0.3, -0.25) is 14.4 Å². The number of carboxylic acid groups (broad SMARTS) is 1. The van der Waals surface area contributed by atoms with E-state index in [0.717, 1.165) is 30.8 Å². The van der Waals surface area contributed by atoms with Gasteiger partial charge in [-0.05, 0) is 35.6 Å². The third-order valence-corrected chi connectivity index (χ3v) is 3.74. The maximum Gasteiger partial charge on any atom is 0.308 e. The molecule has 144 valence electrons. The molecule has 0 fully saturated rings. The molecule has 5 nitrogen and oxygen atoms in total. The van der Waals surface area contributed by atoms with Crippen LogP contribution in [0.4, 0.5) is 8.78 Å². The SMILES string of the molecule is CC(=O)O.CCSC(=O)c1cc(-c2ccc(F)cc2F)ccc1OC(C)=O. The summed E-state index contributed by atoms with van der Waals surface area (Å²) in [5.41, 5.74) is 0.739. The first-order valence-electron chi connectivity index (χ1n) is 7.80. The third-order valence-electron chi connectivity index (χ3n) is 2.97. The topological polar surface area (TPSA) is 80.7 Å². The predicted octanol–water partition coefficient (Wildman–Crippen LogP) is 4.54. The quantitative estimate of drug-likeness (QED) is 0.604. The second kappa shape index (κ2) is 10.4. The fraction of sp³-hybridized carbons (Fsp3) is 0.211. The Bertz CT molecular complexity index is 848. The zero-order chi connectivity index (χ0) is 20.6. The minimum atomic E-state index is -0.833. The molecule has 0 atom stereocenters. The van der Waals surface area contributed by atoms with Gasteiger partial charge in [0.05, 0.1) is 5.56 Å². The lowest BCUT2D eigenvalue weighted by molar-refractivity contribution is -0.134. The molecule has 0 unspecified atom stereocenters. The molecule has 2 aromatic rings. The van der Waals surface area contributed by atoms with E-state index < -0.39 is 23.6 Å². The highest BCUT2D eigenvalue weighted by Gasteiger charge is 2.17. The Kier molecular flexibility index (Phi) is 8.61. The molecule has 0 radical (unpaired) electrons. The molecule has 8 heteroatoms. The molecule has 0 aliphatic heterocycles. The van der Waals surface area contributed by atoms with Crippen molar-refractivity contribution in [2.24, 2.45) is 0 Å². The number of benzene rings is 2. The van der Waals surface area contributed by atoms with E-state index in [-0.39, 0.29) is 22.0 Å². The maximum absolute atomic E-state index is 13.9. The molecule has 0 bridgehead atoms. The Labute approximate surface area is 159 Å². The van der Waals surface area contributed by atoms with E-state index in [1.165, 1.54) is 31.2 Å². The van der Waals surface area contributed by atoms with Crippen molar-refractivity contribution in [3.63, 3.8) is 0 Å². The number of hydrogen-bond acceptors (Lipinski definition) is 5. The van der Waals surface area contributed by atoms with E-state index in [1.54, 1.807) is 0 Å². The number of carbonyl (C=O) groups excluding carboxylic acids is 2. The molecule has 1 N–H and O–H groups in total. The predicted molar refractivity (Wildman–Crippen MR) is 98.9 cm³/mol. The molecule has 0 aromatic heterocycles. The molecule has 2 aromatic carbocycles. The number of rotatable bonds is 4. The number of halogens is 2. The van der Waals surface area contributed by atoms with Crippen molar-refractivity contribution in [2.45, 2.75) is 20.8 Å². The van der Waals surface area contributed by atoms with Crippen LogP contribution in [0.5, 0.6) is 5.75 Å². The third kappa shape index (κ3) is 7.18. The molecular weight excluding hydrogens is 378 g/mol. The van der Waals surface area contributed by atoms with Gasteiger partial charge in [0.15, 0.2) is 0 Å². The maximum atomic E-state index is 13.9. The molecule has 0 saturated heterocycles. The van der Waals surface area contributed by atoms with Crippen molar-refractivity contribution in [1.82, 2.24) is 0 Å². The van der Waals surface area contributed by atoms with Crippen molar-refractivity contribution < 1.29 is 33.0 Å². The Balaban J connectivity index is 0.000000828. The summed E-state index contributed by atoms with van der Waals surface area (Å²) in [7, 11) is 0. The van der Waals surface area contributed by atoms with Crippen LogP contribution in [0.3, 0.4) is 0 Å². The van der Waals surface area contributed by atoms with Crippen LogP contribution >= 0.6 is 11.8 Å². The van der Waals surface area contributed by atoms with Crippen molar-refractivity contribution in [3.05, 3.63) is 53.6 Å². The van der Waals surface area contributed by atoms with Gasteiger partial charge in [-0.1, -0.05) is 24.8 Å². The summed E-state index contributed by atoms with van der Waals surface area (Å²) in [6, 6.07) is 7.61. The number of aliphatic carboxylic acids is 1. The summed E-state index contributed by atoms with van der Waals surface area (Å²) in [5, 5.41) is 7.13. The molecular formula is C19H18F2O5S. The Morgan fingerprint density at radius 3 is 2.22 bits per heavy atom. The summed E-state index contributed by atoms with van der Waals surface area (Å²) in [5.74, 6) is -2.13. The van der Waals surface area contributed by atoms with Crippen molar-refractivity contribution in [1.29, 1.82) is 0 Å². The monoisotopic (exact) mass is 396 g/mol. The van der Waals surface area contributed by atoms with Gasteiger partial charge in [0, 0.05) is 25.5 Å². The van der Waals surface area contributed by atoms with Crippen LogP contribution in [0.15, 0.2) is 36.4 Å². The molecule has 0 heterocycles. The number of esters is 1. The van der Waals surface area contributed by atoms with E-state index in [0.29, 0.717) is 11.3 Å². The Morgan fingerprint density at radius 2 is 1.70 bits per heavy atom. The van der Waals surface area contributed by atoms with Crippen LogP contribution in [-0.4, -0.2) is 27.9 Å². The van der Waals surface area contributed by atoms with Crippen LogP contribution in [0.2, 0.25) is 0 Å². The molecule has 0 saturated carbocycles.